The number of imidazole rings is 1. The zero-order chi connectivity index (χ0) is 19.8. The molecule has 0 unspecified atom stereocenters. The Morgan fingerprint density at radius 3 is 2.57 bits per heavy atom. The number of aromatic nitrogens is 2. The number of aromatic hydroxyl groups is 2. The van der Waals surface area contributed by atoms with E-state index in [1.165, 1.54) is 18.2 Å². The van der Waals surface area contributed by atoms with Crippen molar-refractivity contribution in [2.45, 2.75) is 0 Å². The van der Waals surface area contributed by atoms with E-state index in [4.69, 9.17) is 16.4 Å². The van der Waals surface area contributed by atoms with Crippen LogP contribution in [0.5, 0.6) is 11.5 Å². The monoisotopic (exact) mass is 369 g/mol. The third-order valence-electron chi connectivity index (χ3n) is 4.50. The first kappa shape index (κ1) is 17.1. The summed E-state index contributed by atoms with van der Waals surface area (Å²) in [6, 6.07) is 16.7. The third-order valence-corrected chi connectivity index (χ3v) is 4.50. The predicted octanol–water partition coefficient (Wildman–Crippen LogP) is 3.46. The van der Waals surface area contributed by atoms with Gasteiger partial charge in [-0.25, -0.2) is 4.98 Å². The summed E-state index contributed by atoms with van der Waals surface area (Å²) in [5.41, 5.74) is 9.01. The van der Waals surface area contributed by atoms with Gasteiger partial charge in [0, 0.05) is 16.7 Å². The first-order valence-corrected chi connectivity index (χ1v) is 8.38. The standard InChI is InChI=1S/C21H15N5O2/c22-10-11-4-7-18(27)15(8-11)13-2-1-3-14(19(13)28)21-25-16-6-5-12(20(23)24)9-17(16)26-21/h1-9,27-28H,(H3,23,24)(H,25,26). The van der Waals surface area contributed by atoms with Crippen LogP contribution in [0.2, 0.25) is 0 Å². The van der Waals surface area contributed by atoms with Gasteiger partial charge in [0.05, 0.1) is 28.2 Å². The lowest BCUT2D eigenvalue weighted by Crippen LogP contribution is -2.10. The fraction of sp³-hybridized carbons (Fsp3) is 0. The van der Waals surface area contributed by atoms with Gasteiger partial charge in [0.1, 0.15) is 23.2 Å². The summed E-state index contributed by atoms with van der Waals surface area (Å²) in [5, 5.41) is 37.7. The van der Waals surface area contributed by atoms with Crippen LogP contribution < -0.4 is 5.73 Å². The van der Waals surface area contributed by atoms with Gasteiger partial charge in [0.2, 0.25) is 0 Å². The summed E-state index contributed by atoms with van der Waals surface area (Å²) < 4.78 is 0. The van der Waals surface area contributed by atoms with E-state index in [1.54, 1.807) is 36.4 Å². The van der Waals surface area contributed by atoms with Gasteiger partial charge in [0.15, 0.2) is 0 Å². The number of H-pyrrole nitrogens is 1. The van der Waals surface area contributed by atoms with Crippen molar-refractivity contribution < 1.29 is 10.2 Å². The van der Waals surface area contributed by atoms with Gasteiger partial charge < -0.3 is 20.9 Å². The quantitative estimate of drug-likeness (QED) is 0.277. The van der Waals surface area contributed by atoms with Gasteiger partial charge in [0.25, 0.3) is 0 Å². The second-order valence-corrected chi connectivity index (χ2v) is 6.28. The fourth-order valence-electron chi connectivity index (χ4n) is 3.08. The van der Waals surface area contributed by atoms with Gasteiger partial charge in [-0.3, -0.25) is 5.41 Å². The van der Waals surface area contributed by atoms with E-state index in [-0.39, 0.29) is 17.3 Å². The number of para-hydroxylation sites is 1. The second kappa shape index (κ2) is 6.45. The topological polar surface area (TPSA) is 143 Å². The van der Waals surface area contributed by atoms with Crippen molar-refractivity contribution in [2.75, 3.05) is 0 Å². The van der Waals surface area contributed by atoms with Crippen molar-refractivity contribution in [2.24, 2.45) is 5.73 Å². The summed E-state index contributed by atoms with van der Waals surface area (Å²) in [6.07, 6.45) is 0. The molecule has 0 fully saturated rings. The molecule has 4 aromatic rings. The molecular formula is C21H15N5O2. The number of nitrogens with zero attached hydrogens (tertiary/aromatic N) is 2. The molecule has 0 spiro atoms. The molecule has 4 rings (SSSR count). The number of nitrogens with one attached hydrogen (secondary N) is 2. The van der Waals surface area contributed by atoms with E-state index in [9.17, 15) is 10.2 Å². The molecule has 136 valence electrons. The summed E-state index contributed by atoms with van der Waals surface area (Å²) in [7, 11) is 0. The van der Waals surface area contributed by atoms with E-state index in [0.29, 0.717) is 44.7 Å². The first-order chi connectivity index (χ1) is 13.5. The van der Waals surface area contributed by atoms with E-state index in [2.05, 4.69) is 9.97 Å². The molecule has 0 aliphatic heterocycles. The summed E-state index contributed by atoms with van der Waals surface area (Å²) in [4.78, 5) is 7.62. The number of phenolic OH excluding ortho intramolecular Hbond substituents is 2. The highest BCUT2D eigenvalue weighted by Crippen LogP contribution is 2.41. The fourth-order valence-corrected chi connectivity index (χ4v) is 3.08. The van der Waals surface area contributed by atoms with Crippen LogP contribution in [-0.2, 0) is 0 Å². The number of hydrogen-bond acceptors (Lipinski definition) is 5. The van der Waals surface area contributed by atoms with Crippen LogP contribution in [-0.4, -0.2) is 26.0 Å². The molecule has 1 aromatic heterocycles. The Hall–Kier alpha value is -4.31. The second-order valence-electron chi connectivity index (χ2n) is 6.28. The largest absolute Gasteiger partial charge is 0.507 e. The van der Waals surface area contributed by atoms with Crippen molar-refractivity contribution in [3.8, 4) is 40.1 Å². The van der Waals surface area contributed by atoms with Gasteiger partial charge in [-0.15, -0.1) is 0 Å². The average Bonchev–Trinajstić information content (AvgIpc) is 3.11. The molecule has 0 aliphatic carbocycles. The number of amidine groups is 1. The molecule has 0 radical (unpaired) electrons. The van der Waals surface area contributed by atoms with Crippen LogP contribution in [0.25, 0.3) is 33.5 Å². The summed E-state index contributed by atoms with van der Waals surface area (Å²) in [5.74, 6) is 0.280. The Balaban J connectivity index is 1.87. The molecule has 1 heterocycles. The normalized spacial score (nSPS) is 10.7. The molecule has 7 nitrogen and oxygen atoms in total. The maximum Gasteiger partial charge on any atom is 0.142 e. The van der Waals surface area contributed by atoms with Crippen LogP contribution in [0.4, 0.5) is 0 Å². The lowest BCUT2D eigenvalue weighted by Gasteiger charge is -2.10. The zero-order valence-electron chi connectivity index (χ0n) is 14.6. The van der Waals surface area contributed by atoms with Crippen LogP contribution in [0.1, 0.15) is 11.1 Å². The number of benzene rings is 3. The Morgan fingerprint density at radius 2 is 1.82 bits per heavy atom. The Morgan fingerprint density at radius 1 is 1.04 bits per heavy atom. The number of phenols is 2. The molecule has 0 amide bonds. The molecular weight excluding hydrogens is 354 g/mol. The minimum atomic E-state index is -0.0706. The average molecular weight is 369 g/mol. The molecule has 28 heavy (non-hydrogen) atoms. The highest BCUT2D eigenvalue weighted by atomic mass is 16.3. The number of nitriles is 1. The van der Waals surface area contributed by atoms with Crippen molar-refractivity contribution in [3.63, 3.8) is 0 Å². The lowest BCUT2D eigenvalue weighted by atomic mass is 9.98. The van der Waals surface area contributed by atoms with Crippen molar-refractivity contribution in [3.05, 3.63) is 65.7 Å². The number of aromatic amines is 1. The maximum atomic E-state index is 10.8. The summed E-state index contributed by atoms with van der Waals surface area (Å²) in [6.45, 7) is 0. The van der Waals surface area contributed by atoms with Crippen molar-refractivity contribution in [1.82, 2.24) is 9.97 Å². The van der Waals surface area contributed by atoms with E-state index >= 15 is 0 Å². The Labute approximate surface area is 159 Å². The maximum absolute atomic E-state index is 10.8. The highest BCUT2D eigenvalue weighted by Gasteiger charge is 2.16. The van der Waals surface area contributed by atoms with Crippen LogP contribution in [0.15, 0.2) is 54.6 Å². The van der Waals surface area contributed by atoms with Crippen molar-refractivity contribution in [1.29, 1.82) is 10.7 Å². The molecule has 0 aliphatic rings. The number of fused-ring (bicyclic) bond motifs is 1. The van der Waals surface area contributed by atoms with Crippen LogP contribution in [0, 0.1) is 16.7 Å². The minimum absolute atomic E-state index is 0.0397. The highest BCUT2D eigenvalue weighted by molar-refractivity contribution is 5.98. The van der Waals surface area contributed by atoms with Gasteiger partial charge in [-0.1, -0.05) is 12.1 Å². The minimum Gasteiger partial charge on any atom is -0.507 e. The van der Waals surface area contributed by atoms with Gasteiger partial charge >= 0.3 is 0 Å². The summed E-state index contributed by atoms with van der Waals surface area (Å²) >= 11 is 0. The number of hydrogen-bond donors (Lipinski definition) is 5. The number of rotatable bonds is 3. The lowest BCUT2D eigenvalue weighted by molar-refractivity contribution is 0.470. The number of nitrogens with two attached hydrogens (primary N) is 1. The van der Waals surface area contributed by atoms with E-state index in [1.807, 2.05) is 6.07 Å². The molecule has 7 heteroatoms. The molecule has 3 aromatic carbocycles. The molecule has 0 bridgehead atoms. The third kappa shape index (κ3) is 2.79. The SMILES string of the molecule is N#Cc1ccc(O)c(-c2cccc(-c3nc4ccc(C(=N)N)cc4[nH]3)c2O)c1. The van der Waals surface area contributed by atoms with Crippen LogP contribution in [0.3, 0.4) is 0 Å². The Bertz CT molecular complexity index is 1280. The molecule has 0 atom stereocenters. The zero-order valence-corrected chi connectivity index (χ0v) is 14.6. The molecule has 0 saturated heterocycles. The van der Waals surface area contributed by atoms with E-state index in [0.717, 1.165) is 0 Å². The smallest absolute Gasteiger partial charge is 0.142 e. The number of nitrogen functional groups attached to an aromatic ring is 1. The Kier molecular flexibility index (Phi) is 3.94. The first-order valence-electron chi connectivity index (χ1n) is 8.38. The van der Waals surface area contributed by atoms with Gasteiger partial charge in [-0.2, -0.15) is 5.26 Å². The molecule has 0 saturated carbocycles. The van der Waals surface area contributed by atoms with Crippen molar-refractivity contribution >= 4 is 16.9 Å². The molecule has 6 N–H and O–H groups in total. The predicted molar refractivity (Wildman–Crippen MR) is 106 cm³/mol. The van der Waals surface area contributed by atoms with Crippen LogP contribution >= 0.6 is 0 Å². The van der Waals surface area contributed by atoms with E-state index < -0.39 is 0 Å². The van der Waals surface area contributed by atoms with Gasteiger partial charge in [-0.05, 0) is 42.5 Å².